The van der Waals surface area contributed by atoms with E-state index in [-0.39, 0.29) is 42.4 Å². The van der Waals surface area contributed by atoms with Crippen LogP contribution in [-0.2, 0) is 20.9 Å². The highest BCUT2D eigenvalue weighted by Crippen LogP contribution is 2.36. The van der Waals surface area contributed by atoms with E-state index in [4.69, 9.17) is 4.74 Å². The van der Waals surface area contributed by atoms with E-state index in [9.17, 15) is 18.8 Å². The summed E-state index contributed by atoms with van der Waals surface area (Å²) in [5.41, 5.74) is 0.280. The quantitative estimate of drug-likeness (QED) is 0.590. The molecule has 2 heterocycles. The normalized spacial score (nSPS) is 23.3. The van der Waals surface area contributed by atoms with Crippen LogP contribution in [0.5, 0.6) is 0 Å². The van der Waals surface area contributed by atoms with E-state index in [1.165, 1.54) is 17.0 Å². The molecule has 9 nitrogen and oxygen atoms in total. The molecule has 1 aromatic rings. The van der Waals surface area contributed by atoms with Crippen LogP contribution >= 0.6 is 0 Å². The molecule has 3 rings (SSSR count). The van der Waals surface area contributed by atoms with Gasteiger partial charge in [-0.25, -0.2) is 9.18 Å². The summed E-state index contributed by atoms with van der Waals surface area (Å²) in [6, 6.07) is 4.25. The predicted octanol–water partition coefficient (Wildman–Crippen LogP) is 1.82. The summed E-state index contributed by atoms with van der Waals surface area (Å²) in [4.78, 5) is 44.7. The van der Waals surface area contributed by atoms with E-state index in [0.717, 1.165) is 5.56 Å². The molecule has 0 bridgehead atoms. The highest BCUT2D eigenvalue weighted by Gasteiger charge is 2.54. The first-order valence-corrected chi connectivity index (χ1v) is 12.5. The van der Waals surface area contributed by atoms with E-state index in [2.05, 4.69) is 10.6 Å². The second kappa shape index (κ2) is 11.1. The first-order valence-electron chi connectivity index (χ1n) is 12.5. The van der Waals surface area contributed by atoms with Gasteiger partial charge in [0.05, 0.1) is 37.4 Å². The first-order chi connectivity index (χ1) is 16.8. The molecular weight excluding hydrogens is 465 g/mol. The maximum Gasteiger partial charge on any atom is 0.319 e. The Morgan fingerprint density at radius 2 is 1.81 bits per heavy atom. The molecule has 0 spiro atoms. The Morgan fingerprint density at radius 1 is 1.17 bits per heavy atom. The Morgan fingerprint density at radius 3 is 2.36 bits per heavy atom. The van der Waals surface area contributed by atoms with Gasteiger partial charge in [-0.2, -0.15) is 0 Å². The molecule has 0 aliphatic carbocycles. The van der Waals surface area contributed by atoms with Gasteiger partial charge in [-0.3, -0.25) is 9.59 Å². The number of nitrogens with zero attached hydrogens (tertiary/aromatic N) is 3. The largest absolute Gasteiger partial charge is 0.369 e. The molecule has 2 aliphatic rings. The number of hydrogen-bond acceptors (Lipinski definition) is 5. The minimum atomic E-state index is -0.740. The average Bonchev–Trinajstić information content (AvgIpc) is 3.40. The first kappa shape index (κ1) is 27.9. The number of amides is 4. The zero-order valence-corrected chi connectivity index (χ0v) is 22.4. The van der Waals surface area contributed by atoms with Crippen molar-refractivity contribution in [1.29, 1.82) is 0 Å². The summed E-state index contributed by atoms with van der Waals surface area (Å²) in [6.45, 7) is 8.56. The number of carbonyl (C=O) groups is 3. The zero-order valence-electron chi connectivity index (χ0n) is 22.4. The Bertz CT molecular complexity index is 949. The van der Waals surface area contributed by atoms with Gasteiger partial charge in [0, 0.05) is 20.6 Å². The average molecular weight is 506 g/mol. The van der Waals surface area contributed by atoms with Crippen molar-refractivity contribution >= 4 is 17.8 Å². The minimum absolute atomic E-state index is 0.129. The van der Waals surface area contributed by atoms with E-state index in [1.54, 1.807) is 50.0 Å². The molecule has 2 N–H and O–H groups in total. The van der Waals surface area contributed by atoms with Gasteiger partial charge >= 0.3 is 6.03 Å². The lowest BCUT2D eigenvalue weighted by molar-refractivity contribution is -0.142. The fraction of sp³-hybridized carbons (Fsp3) is 0.654. The molecule has 0 saturated carbocycles. The molecule has 2 aliphatic heterocycles. The fourth-order valence-corrected chi connectivity index (χ4v) is 4.91. The van der Waals surface area contributed by atoms with Crippen LogP contribution < -0.4 is 10.6 Å². The number of likely N-dealkylation sites (tertiary alicyclic amines) is 2. The van der Waals surface area contributed by atoms with E-state index < -0.39 is 23.6 Å². The third kappa shape index (κ3) is 5.98. The van der Waals surface area contributed by atoms with Crippen LogP contribution in [0.15, 0.2) is 24.3 Å². The molecular formula is C26H40FN5O4. The Balaban J connectivity index is 1.86. The second-order valence-corrected chi connectivity index (χ2v) is 11.0. The third-order valence-electron chi connectivity index (χ3n) is 7.09. The number of nitrogens with one attached hydrogen (secondary N) is 2. The van der Waals surface area contributed by atoms with E-state index in [0.29, 0.717) is 19.5 Å². The lowest BCUT2D eigenvalue weighted by Gasteiger charge is -2.37. The summed E-state index contributed by atoms with van der Waals surface area (Å²) in [5.74, 6) is -0.750. The standard InChI is InChI=1S/C26H40FN5O4/c1-16(28-5)23(33)29-22(26(2,3)4)24(34)31-13-12-19-21(31)20(14-32(19)25(35)30(6)7)36-15-17-8-10-18(27)11-9-17/h8-11,16,19-22,28H,12-15H2,1-7H3,(H,29,33). The van der Waals surface area contributed by atoms with Crippen LogP contribution in [0.4, 0.5) is 9.18 Å². The second-order valence-electron chi connectivity index (χ2n) is 11.0. The molecule has 5 unspecified atom stereocenters. The van der Waals surface area contributed by atoms with Gasteiger partial charge in [-0.1, -0.05) is 32.9 Å². The van der Waals surface area contributed by atoms with Gasteiger partial charge in [-0.05, 0) is 43.5 Å². The van der Waals surface area contributed by atoms with Crippen molar-refractivity contribution in [2.24, 2.45) is 5.41 Å². The summed E-state index contributed by atoms with van der Waals surface area (Å²) in [7, 11) is 5.10. The highest BCUT2D eigenvalue weighted by molar-refractivity contribution is 5.90. The maximum absolute atomic E-state index is 13.9. The number of carbonyl (C=O) groups excluding carboxylic acids is 3. The monoisotopic (exact) mass is 505 g/mol. The van der Waals surface area contributed by atoms with Crippen molar-refractivity contribution in [2.75, 3.05) is 34.2 Å². The topological polar surface area (TPSA) is 94.2 Å². The lowest BCUT2D eigenvalue weighted by Crippen LogP contribution is -2.59. The third-order valence-corrected chi connectivity index (χ3v) is 7.09. The van der Waals surface area contributed by atoms with Crippen LogP contribution in [0.25, 0.3) is 0 Å². The van der Waals surface area contributed by atoms with Gasteiger partial charge < -0.3 is 30.1 Å². The van der Waals surface area contributed by atoms with Gasteiger partial charge in [0.15, 0.2) is 0 Å². The zero-order chi connectivity index (χ0) is 26.8. The minimum Gasteiger partial charge on any atom is -0.369 e. The van der Waals surface area contributed by atoms with Crippen molar-refractivity contribution in [2.45, 2.75) is 71.0 Å². The number of urea groups is 1. The smallest absolute Gasteiger partial charge is 0.319 e. The van der Waals surface area contributed by atoms with Crippen LogP contribution in [0.1, 0.15) is 39.7 Å². The molecule has 1 aromatic carbocycles. The van der Waals surface area contributed by atoms with Crippen molar-refractivity contribution < 1.29 is 23.5 Å². The summed E-state index contributed by atoms with van der Waals surface area (Å²) in [6.07, 6.45) is 0.215. The van der Waals surface area contributed by atoms with Gasteiger partial charge in [0.25, 0.3) is 0 Å². The molecule has 200 valence electrons. The van der Waals surface area contributed by atoms with Crippen molar-refractivity contribution in [3.63, 3.8) is 0 Å². The van der Waals surface area contributed by atoms with Crippen molar-refractivity contribution in [1.82, 2.24) is 25.3 Å². The van der Waals surface area contributed by atoms with Crippen molar-refractivity contribution in [3.05, 3.63) is 35.6 Å². The number of hydrogen-bond donors (Lipinski definition) is 2. The van der Waals surface area contributed by atoms with Gasteiger partial charge in [-0.15, -0.1) is 0 Å². The number of likely N-dealkylation sites (N-methyl/N-ethyl adjacent to an activating group) is 1. The van der Waals surface area contributed by atoms with Gasteiger partial charge in [0.2, 0.25) is 11.8 Å². The van der Waals surface area contributed by atoms with E-state index in [1.807, 2.05) is 20.8 Å². The number of rotatable bonds is 7. The molecule has 0 aromatic heterocycles. The summed E-state index contributed by atoms with van der Waals surface area (Å²) < 4.78 is 19.6. The number of benzene rings is 1. The van der Waals surface area contributed by atoms with Crippen LogP contribution in [-0.4, -0.2) is 97.0 Å². The Hall–Kier alpha value is -2.72. The molecule has 2 saturated heterocycles. The van der Waals surface area contributed by atoms with Gasteiger partial charge in [0.1, 0.15) is 11.9 Å². The predicted molar refractivity (Wildman–Crippen MR) is 135 cm³/mol. The number of ether oxygens (including phenoxy) is 1. The van der Waals surface area contributed by atoms with E-state index >= 15 is 0 Å². The molecule has 5 atom stereocenters. The van der Waals surface area contributed by atoms with Crippen LogP contribution in [0.2, 0.25) is 0 Å². The Labute approximate surface area is 213 Å². The maximum atomic E-state index is 13.9. The van der Waals surface area contributed by atoms with Crippen molar-refractivity contribution in [3.8, 4) is 0 Å². The molecule has 36 heavy (non-hydrogen) atoms. The summed E-state index contributed by atoms with van der Waals surface area (Å²) >= 11 is 0. The van der Waals surface area contributed by atoms with Crippen LogP contribution in [0.3, 0.4) is 0 Å². The summed E-state index contributed by atoms with van der Waals surface area (Å²) in [5, 5.41) is 5.85. The van der Waals surface area contributed by atoms with Crippen LogP contribution in [0, 0.1) is 11.2 Å². The molecule has 0 radical (unpaired) electrons. The molecule has 4 amide bonds. The fourth-order valence-electron chi connectivity index (χ4n) is 4.91. The Kier molecular flexibility index (Phi) is 8.61. The SMILES string of the molecule is CNC(C)C(=O)NC(C(=O)N1CCC2C1C(OCc1ccc(F)cc1)CN2C(=O)N(C)C)C(C)(C)C. The number of halogens is 1. The lowest BCUT2D eigenvalue weighted by atomic mass is 9.85. The molecule has 10 heteroatoms. The molecule has 2 fully saturated rings. The highest BCUT2D eigenvalue weighted by atomic mass is 19.1. The number of fused-ring (bicyclic) bond motifs is 1.